The van der Waals surface area contributed by atoms with Crippen molar-refractivity contribution in [2.24, 2.45) is 10.3 Å². The van der Waals surface area contributed by atoms with Gasteiger partial charge in [0.1, 0.15) is 23.7 Å². The van der Waals surface area contributed by atoms with Crippen molar-refractivity contribution in [3.05, 3.63) is 71.2 Å². The predicted octanol–water partition coefficient (Wildman–Crippen LogP) is 2.91. The maximum atomic E-state index is 14.0. The fourth-order valence-corrected chi connectivity index (χ4v) is 4.39. The van der Waals surface area contributed by atoms with E-state index in [4.69, 9.17) is 4.18 Å². The summed E-state index contributed by atoms with van der Waals surface area (Å²) in [5.74, 6) is -3.67. The van der Waals surface area contributed by atoms with Gasteiger partial charge in [-0.3, -0.25) is 13.7 Å². The Morgan fingerprint density at radius 3 is 2.78 bits per heavy atom. The topological polar surface area (TPSA) is 128 Å². The molecule has 2 aromatic heterocycles. The highest BCUT2D eigenvalue weighted by atomic mass is 32.2. The van der Waals surface area contributed by atoms with Crippen molar-refractivity contribution >= 4 is 28.6 Å². The molecule has 2 unspecified atom stereocenters. The number of nitrogens with zero attached hydrogens (tertiary/aromatic N) is 5. The van der Waals surface area contributed by atoms with Crippen molar-refractivity contribution in [1.82, 2.24) is 19.7 Å². The lowest BCUT2D eigenvalue weighted by atomic mass is 10.1. The molecule has 1 aromatic carbocycles. The summed E-state index contributed by atoms with van der Waals surface area (Å²) in [6.45, 7) is 2.72. The molecule has 0 amide bonds. The van der Waals surface area contributed by atoms with Crippen LogP contribution in [0.4, 0.5) is 19.0 Å². The van der Waals surface area contributed by atoms with E-state index in [2.05, 4.69) is 31.5 Å². The van der Waals surface area contributed by atoms with Gasteiger partial charge in [0.05, 0.1) is 18.7 Å². The van der Waals surface area contributed by atoms with Crippen LogP contribution in [0.25, 0.3) is 0 Å². The van der Waals surface area contributed by atoms with E-state index in [0.29, 0.717) is 25.3 Å². The van der Waals surface area contributed by atoms with Gasteiger partial charge in [0.2, 0.25) is 5.78 Å². The first-order valence-corrected chi connectivity index (χ1v) is 12.2. The average Bonchev–Trinajstić information content (AvgIpc) is 3.51. The van der Waals surface area contributed by atoms with Crippen molar-refractivity contribution in [3.8, 4) is 0 Å². The van der Waals surface area contributed by atoms with Crippen molar-refractivity contribution < 1.29 is 30.6 Å². The molecule has 4 rings (SSSR count). The summed E-state index contributed by atoms with van der Waals surface area (Å²) in [5.41, 5.74) is 0.0494. The van der Waals surface area contributed by atoms with Crippen LogP contribution in [0.3, 0.4) is 0 Å². The van der Waals surface area contributed by atoms with Crippen LogP contribution in [0.5, 0.6) is 0 Å². The maximum absolute atomic E-state index is 14.0. The van der Waals surface area contributed by atoms with Gasteiger partial charge in [-0.2, -0.15) is 17.9 Å². The second kappa shape index (κ2) is 10.5. The number of carbonyl (C=O) groups excluding carboxylic acids is 1. The van der Waals surface area contributed by atoms with Gasteiger partial charge in [0.25, 0.3) is 0 Å². The number of ketones is 1. The van der Waals surface area contributed by atoms with E-state index >= 15 is 0 Å². The molecule has 0 saturated heterocycles. The first kappa shape index (κ1) is 25.4. The normalized spacial score (nSPS) is 17.8. The molecule has 1 aliphatic rings. The van der Waals surface area contributed by atoms with Gasteiger partial charge in [-0.25, -0.2) is 23.1 Å². The van der Waals surface area contributed by atoms with Crippen LogP contribution < -0.4 is 5.32 Å². The summed E-state index contributed by atoms with van der Waals surface area (Å²) >= 11 is 0. The molecule has 190 valence electrons. The predicted molar refractivity (Wildman–Crippen MR) is 122 cm³/mol. The Kier molecular flexibility index (Phi) is 7.45. The maximum Gasteiger partial charge on any atom is 0.380 e. The van der Waals surface area contributed by atoms with Gasteiger partial charge in [0, 0.05) is 36.8 Å². The third-order valence-electron chi connectivity index (χ3n) is 5.74. The Balaban J connectivity index is 1.43. The smallest absolute Gasteiger partial charge is 0.367 e. The highest BCUT2D eigenvalue weighted by Crippen LogP contribution is 2.29. The van der Waals surface area contributed by atoms with Crippen molar-refractivity contribution in [1.29, 1.82) is 0 Å². The highest BCUT2D eigenvalue weighted by molar-refractivity contribution is 7.85. The lowest BCUT2D eigenvalue weighted by Crippen LogP contribution is -2.20. The summed E-state index contributed by atoms with van der Waals surface area (Å²) in [6, 6.07) is 2.51. The van der Waals surface area contributed by atoms with E-state index < -0.39 is 33.5 Å². The summed E-state index contributed by atoms with van der Waals surface area (Å²) in [5, 5.41) is 7.32. The molecule has 0 bridgehead atoms. The number of halogens is 3. The number of benzene rings is 1. The minimum Gasteiger partial charge on any atom is -0.367 e. The standard InChI is InChI=1S/C22H21F3N6O4S/c1-26-36(33,34)35-11-13-2-3-15(6-13)29-22-16(9-27-12-28-22)21(32)20-4-5-31(30-20)10-14-7-18(24)19(25)8-17(14)23/h4-5,7-9,12-13,15H,1-3,6,10-11H2,(H,27,28,29). The van der Waals surface area contributed by atoms with Gasteiger partial charge in [0.15, 0.2) is 11.6 Å². The Morgan fingerprint density at radius 1 is 1.22 bits per heavy atom. The van der Waals surface area contributed by atoms with E-state index in [0.717, 1.165) is 6.07 Å². The number of aromatic nitrogens is 4. The molecular weight excluding hydrogens is 501 g/mol. The van der Waals surface area contributed by atoms with Gasteiger partial charge in [-0.05, 0) is 37.3 Å². The molecule has 1 fully saturated rings. The van der Waals surface area contributed by atoms with Crippen molar-refractivity contribution in [2.45, 2.75) is 31.8 Å². The fourth-order valence-electron chi connectivity index (χ4n) is 3.95. The van der Waals surface area contributed by atoms with Crippen LogP contribution >= 0.6 is 0 Å². The SMILES string of the molecule is C=NS(=O)(=O)OCC1CCC(Nc2ncncc2C(=O)c2ccn(Cc3cc(F)c(F)cc3F)n2)C1. The number of rotatable bonds is 10. The largest absolute Gasteiger partial charge is 0.380 e. The molecule has 0 radical (unpaired) electrons. The van der Waals surface area contributed by atoms with Crippen molar-refractivity contribution in [3.63, 3.8) is 0 Å². The zero-order valence-corrected chi connectivity index (χ0v) is 19.6. The minimum absolute atomic E-state index is 0.0227. The van der Waals surface area contributed by atoms with Crippen LogP contribution in [0.15, 0.2) is 41.3 Å². The molecule has 1 saturated carbocycles. The van der Waals surface area contributed by atoms with E-state index in [1.54, 1.807) is 0 Å². The molecular formula is C22H21F3N6O4S. The quantitative estimate of drug-likeness (QED) is 0.245. The van der Waals surface area contributed by atoms with E-state index in [9.17, 15) is 26.4 Å². The fraction of sp³-hybridized carbons (Fsp3) is 0.318. The first-order chi connectivity index (χ1) is 17.1. The molecule has 2 heterocycles. The average molecular weight is 523 g/mol. The molecule has 0 aliphatic heterocycles. The number of anilines is 1. The molecule has 2 atom stereocenters. The number of carbonyl (C=O) groups is 1. The Hall–Kier alpha value is -3.65. The molecule has 3 aromatic rings. The molecule has 1 N–H and O–H groups in total. The van der Waals surface area contributed by atoms with Crippen LogP contribution in [0.1, 0.15) is 40.9 Å². The Labute approximate surface area is 204 Å². The van der Waals surface area contributed by atoms with Gasteiger partial charge in [-0.15, -0.1) is 0 Å². The van der Waals surface area contributed by atoms with E-state index in [1.165, 1.54) is 29.5 Å². The second-order valence-corrected chi connectivity index (χ2v) is 9.58. The number of hydrogen-bond acceptors (Lipinski definition) is 8. The summed E-state index contributed by atoms with van der Waals surface area (Å²) in [4.78, 5) is 21.2. The molecule has 0 spiro atoms. The van der Waals surface area contributed by atoms with E-state index in [1.807, 2.05) is 0 Å². The molecule has 36 heavy (non-hydrogen) atoms. The lowest BCUT2D eigenvalue weighted by molar-refractivity contribution is 0.103. The van der Waals surface area contributed by atoms with Crippen LogP contribution in [0.2, 0.25) is 0 Å². The zero-order valence-electron chi connectivity index (χ0n) is 18.8. The van der Waals surface area contributed by atoms with Gasteiger partial charge in [-0.1, -0.05) is 0 Å². The minimum atomic E-state index is -3.99. The van der Waals surface area contributed by atoms with Crippen LogP contribution in [-0.2, 0) is 21.0 Å². The molecule has 14 heteroatoms. The Bertz CT molecular complexity index is 1400. The third-order valence-corrected chi connectivity index (χ3v) is 6.49. The van der Waals surface area contributed by atoms with Gasteiger partial charge < -0.3 is 5.32 Å². The summed E-state index contributed by atoms with van der Waals surface area (Å²) in [6.07, 6.45) is 6.01. The first-order valence-electron chi connectivity index (χ1n) is 10.8. The third kappa shape index (κ3) is 5.94. The van der Waals surface area contributed by atoms with Gasteiger partial charge >= 0.3 is 10.3 Å². The zero-order chi connectivity index (χ0) is 25.9. The Morgan fingerprint density at radius 2 is 2.00 bits per heavy atom. The lowest BCUT2D eigenvalue weighted by Gasteiger charge is -2.15. The second-order valence-electron chi connectivity index (χ2n) is 8.23. The molecule has 1 aliphatic carbocycles. The number of nitrogens with one attached hydrogen (secondary N) is 1. The van der Waals surface area contributed by atoms with Crippen LogP contribution in [-0.4, -0.2) is 53.3 Å². The van der Waals surface area contributed by atoms with Crippen LogP contribution in [0, 0.1) is 23.4 Å². The van der Waals surface area contributed by atoms with Crippen molar-refractivity contribution in [2.75, 3.05) is 11.9 Å². The summed E-state index contributed by atoms with van der Waals surface area (Å²) < 4.78 is 72.3. The number of hydrogen-bond donors (Lipinski definition) is 1. The summed E-state index contributed by atoms with van der Waals surface area (Å²) in [7, 11) is -3.99. The monoisotopic (exact) mass is 522 g/mol. The molecule has 10 nitrogen and oxygen atoms in total. The van der Waals surface area contributed by atoms with E-state index in [-0.39, 0.29) is 47.8 Å². The highest BCUT2D eigenvalue weighted by Gasteiger charge is 2.28.